The Balaban J connectivity index is 2.73. The molecule has 1 heterocycles. The van der Waals surface area contributed by atoms with Crippen molar-refractivity contribution in [3.63, 3.8) is 0 Å². The summed E-state index contributed by atoms with van der Waals surface area (Å²) >= 11 is 0. The van der Waals surface area contributed by atoms with Crippen molar-refractivity contribution in [3.8, 4) is 0 Å². The predicted octanol–water partition coefficient (Wildman–Crippen LogP) is -1.66. The van der Waals surface area contributed by atoms with Gasteiger partial charge < -0.3 is 31.5 Å². The highest BCUT2D eigenvalue weighted by atomic mass is 16.4. The van der Waals surface area contributed by atoms with Crippen molar-refractivity contribution in [3.05, 3.63) is 0 Å². The zero-order valence-corrected chi connectivity index (χ0v) is 15.9. The quantitative estimate of drug-likeness (QED) is 0.262. The van der Waals surface area contributed by atoms with Crippen LogP contribution in [0.2, 0.25) is 0 Å². The summed E-state index contributed by atoms with van der Waals surface area (Å²) in [4.78, 5) is 47.8. The maximum atomic E-state index is 12.6. The monoisotopic (exact) mass is 386 g/mol. The van der Waals surface area contributed by atoms with E-state index in [1.54, 1.807) is 0 Å². The number of hydrogen-bond acceptors (Lipinski definition) is 6. The Kier molecular flexibility index (Phi) is 9.16. The van der Waals surface area contributed by atoms with E-state index in [2.05, 4.69) is 21.3 Å². The molecule has 1 aliphatic rings. The molecular weight excluding hydrogens is 356 g/mol. The molecule has 6 N–H and O–H groups in total. The third-order valence-electron chi connectivity index (χ3n) is 4.26. The van der Waals surface area contributed by atoms with E-state index < -0.39 is 42.5 Å². The van der Waals surface area contributed by atoms with Crippen LogP contribution in [0.4, 0.5) is 0 Å². The summed E-state index contributed by atoms with van der Waals surface area (Å²) in [7, 11) is 0. The Morgan fingerprint density at radius 3 is 2.15 bits per heavy atom. The first-order chi connectivity index (χ1) is 12.6. The van der Waals surface area contributed by atoms with Crippen LogP contribution in [-0.4, -0.2) is 71.2 Å². The zero-order valence-electron chi connectivity index (χ0n) is 15.9. The van der Waals surface area contributed by atoms with Gasteiger partial charge in [-0.2, -0.15) is 0 Å². The predicted molar refractivity (Wildman–Crippen MR) is 96.7 cm³/mol. The van der Waals surface area contributed by atoms with E-state index in [0.717, 1.165) is 13.0 Å². The van der Waals surface area contributed by atoms with Crippen LogP contribution < -0.4 is 21.3 Å². The van der Waals surface area contributed by atoms with Gasteiger partial charge in [0.15, 0.2) is 0 Å². The highest BCUT2D eigenvalue weighted by Crippen LogP contribution is 2.09. The van der Waals surface area contributed by atoms with Crippen LogP contribution >= 0.6 is 0 Å². The van der Waals surface area contributed by atoms with E-state index in [1.165, 1.54) is 6.92 Å². The third-order valence-corrected chi connectivity index (χ3v) is 4.26. The smallest absolute Gasteiger partial charge is 0.325 e. The second-order valence-corrected chi connectivity index (χ2v) is 7.15. The zero-order chi connectivity index (χ0) is 20.6. The lowest BCUT2D eigenvalue weighted by atomic mass is 10.0. The van der Waals surface area contributed by atoms with Crippen molar-refractivity contribution >= 4 is 23.7 Å². The van der Waals surface area contributed by atoms with Gasteiger partial charge in [-0.25, -0.2) is 0 Å². The summed E-state index contributed by atoms with van der Waals surface area (Å²) in [5.41, 5.74) is 0. The van der Waals surface area contributed by atoms with Crippen molar-refractivity contribution in [1.82, 2.24) is 21.3 Å². The van der Waals surface area contributed by atoms with Gasteiger partial charge in [0.1, 0.15) is 18.1 Å². The first-order valence-corrected chi connectivity index (χ1v) is 9.13. The molecule has 10 nitrogen and oxygen atoms in total. The van der Waals surface area contributed by atoms with Gasteiger partial charge in [0, 0.05) is 0 Å². The number of nitrogens with one attached hydrogen (secondary N) is 4. The fraction of sp³-hybridized carbons (Fsp3) is 0.765. The van der Waals surface area contributed by atoms with Crippen LogP contribution in [0.25, 0.3) is 0 Å². The number of carboxylic acid groups (broad SMARTS) is 1. The van der Waals surface area contributed by atoms with Gasteiger partial charge in [0.25, 0.3) is 0 Å². The lowest BCUT2D eigenvalue weighted by Crippen LogP contribution is -2.58. The minimum atomic E-state index is -1.31. The molecule has 10 heteroatoms. The van der Waals surface area contributed by atoms with Crippen molar-refractivity contribution in [1.29, 1.82) is 0 Å². The fourth-order valence-electron chi connectivity index (χ4n) is 2.73. The number of aliphatic carboxylic acids is 1. The Hall–Kier alpha value is -2.20. The second-order valence-electron chi connectivity index (χ2n) is 7.15. The van der Waals surface area contributed by atoms with E-state index >= 15 is 0 Å². The first-order valence-electron chi connectivity index (χ1n) is 9.13. The van der Waals surface area contributed by atoms with Crippen LogP contribution in [0.15, 0.2) is 0 Å². The number of aliphatic hydroxyl groups excluding tert-OH is 1. The molecule has 0 aromatic rings. The van der Waals surface area contributed by atoms with Gasteiger partial charge in [0.2, 0.25) is 17.7 Å². The lowest BCUT2D eigenvalue weighted by molar-refractivity contribution is -0.142. The summed E-state index contributed by atoms with van der Waals surface area (Å²) in [5, 5.41) is 28.6. The van der Waals surface area contributed by atoms with Crippen LogP contribution in [0.5, 0.6) is 0 Å². The summed E-state index contributed by atoms with van der Waals surface area (Å²) in [6, 6.07) is -3.68. The number of amides is 3. The van der Waals surface area contributed by atoms with Gasteiger partial charge in [0.05, 0.1) is 12.6 Å². The summed E-state index contributed by atoms with van der Waals surface area (Å²) < 4.78 is 0. The van der Waals surface area contributed by atoms with Crippen molar-refractivity contribution in [2.75, 3.05) is 13.2 Å². The lowest BCUT2D eigenvalue weighted by Gasteiger charge is -2.24. The number of rotatable bonds is 10. The maximum absolute atomic E-state index is 12.6. The molecule has 0 bridgehead atoms. The van der Waals surface area contributed by atoms with Gasteiger partial charge in [-0.15, -0.1) is 0 Å². The second kappa shape index (κ2) is 10.8. The molecule has 0 aromatic heterocycles. The molecule has 1 rings (SSSR count). The van der Waals surface area contributed by atoms with Crippen LogP contribution in [0, 0.1) is 5.92 Å². The number of carboxylic acids is 1. The molecule has 27 heavy (non-hydrogen) atoms. The topological polar surface area (TPSA) is 157 Å². The molecule has 4 atom stereocenters. The largest absolute Gasteiger partial charge is 0.480 e. The van der Waals surface area contributed by atoms with Crippen molar-refractivity contribution < 1.29 is 29.4 Å². The van der Waals surface area contributed by atoms with Gasteiger partial charge in [-0.05, 0) is 38.6 Å². The van der Waals surface area contributed by atoms with Crippen LogP contribution in [0.1, 0.15) is 40.0 Å². The molecular formula is C17H30N4O6. The van der Waals surface area contributed by atoms with Gasteiger partial charge >= 0.3 is 5.97 Å². The summed E-state index contributed by atoms with van der Waals surface area (Å²) in [6.45, 7) is 5.10. The Bertz CT molecular complexity index is 548. The highest BCUT2D eigenvalue weighted by Gasteiger charge is 2.30. The van der Waals surface area contributed by atoms with E-state index in [0.29, 0.717) is 12.8 Å². The number of carbonyl (C=O) groups is 4. The number of hydrogen-bond donors (Lipinski definition) is 6. The molecule has 1 saturated heterocycles. The molecule has 1 fully saturated rings. The summed E-state index contributed by atoms with van der Waals surface area (Å²) in [5.74, 6) is -2.83. The first kappa shape index (κ1) is 22.8. The molecule has 0 saturated carbocycles. The minimum Gasteiger partial charge on any atom is -0.480 e. The van der Waals surface area contributed by atoms with Gasteiger partial charge in [-0.1, -0.05) is 13.8 Å². The Labute approximate surface area is 158 Å². The number of aliphatic hydroxyl groups is 1. The van der Waals surface area contributed by atoms with E-state index in [1.807, 2.05) is 13.8 Å². The molecule has 0 aliphatic carbocycles. The van der Waals surface area contributed by atoms with E-state index in [9.17, 15) is 24.3 Å². The van der Waals surface area contributed by atoms with Crippen molar-refractivity contribution in [2.45, 2.75) is 64.2 Å². The van der Waals surface area contributed by atoms with E-state index in [4.69, 9.17) is 5.11 Å². The maximum Gasteiger partial charge on any atom is 0.325 e. The minimum absolute atomic E-state index is 0.103. The fourth-order valence-corrected chi connectivity index (χ4v) is 2.73. The Morgan fingerprint density at radius 1 is 1.04 bits per heavy atom. The van der Waals surface area contributed by atoms with E-state index in [-0.39, 0.29) is 17.9 Å². The number of carbonyl (C=O) groups excluding carboxylic acids is 3. The molecule has 0 aromatic carbocycles. The molecule has 0 radical (unpaired) electrons. The normalized spacial score (nSPS) is 19.8. The molecule has 0 spiro atoms. The standard InChI is InChI=1S/C17H30N4O6/c1-9(2)7-12(20-14(23)11-5-4-6-18-11)15(24)21-13(8-22)16(25)19-10(3)17(26)27/h9-13,18,22H,4-8H2,1-3H3,(H,19,25)(H,20,23)(H,21,24)(H,26,27). The molecule has 4 unspecified atom stereocenters. The molecule has 1 aliphatic heterocycles. The van der Waals surface area contributed by atoms with Crippen LogP contribution in [-0.2, 0) is 19.2 Å². The molecule has 3 amide bonds. The third kappa shape index (κ3) is 7.51. The molecule has 154 valence electrons. The average Bonchev–Trinajstić information content (AvgIpc) is 3.12. The van der Waals surface area contributed by atoms with Crippen LogP contribution in [0.3, 0.4) is 0 Å². The van der Waals surface area contributed by atoms with Crippen molar-refractivity contribution in [2.24, 2.45) is 5.92 Å². The summed E-state index contributed by atoms with van der Waals surface area (Å²) in [6.07, 6.45) is 1.93. The Morgan fingerprint density at radius 2 is 1.67 bits per heavy atom. The van der Waals surface area contributed by atoms with Gasteiger partial charge in [-0.3, -0.25) is 19.2 Å². The average molecular weight is 386 g/mol. The highest BCUT2D eigenvalue weighted by molar-refractivity contribution is 5.94. The SMILES string of the molecule is CC(C)CC(NC(=O)C1CCCN1)C(=O)NC(CO)C(=O)NC(C)C(=O)O.